The molecule has 2 aromatic carbocycles. The minimum absolute atomic E-state index is 0.194. The van der Waals surface area contributed by atoms with Crippen LogP contribution < -0.4 is 20.5 Å². The molecule has 0 radical (unpaired) electrons. The quantitative estimate of drug-likeness (QED) is 0.741. The molecule has 0 aromatic heterocycles. The fraction of sp³-hybridized carbons (Fsp3) is 0.235. The summed E-state index contributed by atoms with van der Waals surface area (Å²) in [4.78, 5) is 10.8. The number of carbonyl (C=O) groups is 1. The standard InChI is InChI=1S/C17H18Cl2N2O3/c1-2-23-16-7-11(3-6-15(16)24-10-17(20)22)9-21-12-4-5-13(18)14(19)8-12/h3-8,21H,2,9-10H2,1H3,(H2,20,22). The van der Waals surface area contributed by atoms with Crippen molar-refractivity contribution < 1.29 is 14.3 Å². The summed E-state index contributed by atoms with van der Waals surface area (Å²) in [6.45, 7) is 2.73. The molecule has 7 heteroatoms. The van der Waals surface area contributed by atoms with Crippen LogP contribution in [-0.2, 0) is 11.3 Å². The van der Waals surface area contributed by atoms with E-state index in [2.05, 4.69) is 5.32 Å². The van der Waals surface area contributed by atoms with Gasteiger partial charge in [0.1, 0.15) is 0 Å². The highest BCUT2D eigenvalue weighted by atomic mass is 35.5. The van der Waals surface area contributed by atoms with Crippen LogP contribution in [0.15, 0.2) is 36.4 Å². The van der Waals surface area contributed by atoms with Gasteiger partial charge < -0.3 is 20.5 Å². The fourth-order valence-electron chi connectivity index (χ4n) is 2.01. The highest BCUT2D eigenvalue weighted by Crippen LogP contribution is 2.29. The average molecular weight is 369 g/mol. The number of nitrogens with two attached hydrogens (primary N) is 1. The Kier molecular flexibility index (Phi) is 6.58. The summed E-state index contributed by atoms with van der Waals surface area (Å²) in [5.74, 6) is 0.504. The summed E-state index contributed by atoms with van der Waals surface area (Å²) in [7, 11) is 0. The van der Waals surface area contributed by atoms with Gasteiger partial charge in [0.25, 0.3) is 5.91 Å². The first-order valence-corrected chi connectivity index (χ1v) is 8.11. The lowest BCUT2D eigenvalue weighted by atomic mass is 10.2. The predicted molar refractivity (Wildman–Crippen MR) is 96.1 cm³/mol. The Morgan fingerprint density at radius 1 is 1.08 bits per heavy atom. The summed E-state index contributed by atoms with van der Waals surface area (Å²) < 4.78 is 10.9. The summed E-state index contributed by atoms with van der Waals surface area (Å²) in [6, 6.07) is 10.8. The van der Waals surface area contributed by atoms with Gasteiger partial charge in [-0.05, 0) is 42.8 Å². The van der Waals surface area contributed by atoms with Crippen molar-refractivity contribution in [3.8, 4) is 11.5 Å². The van der Waals surface area contributed by atoms with Crippen LogP contribution >= 0.6 is 23.2 Å². The van der Waals surface area contributed by atoms with Crippen molar-refractivity contribution in [1.29, 1.82) is 0 Å². The molecular formula is C17H18Cl2N2O3. The van der Waals surface area contributed by atoms with Crippen molar-refractivity contribution in [2.24, 2.45) is 5.73 Å². The lowest BCUT2D eigenvalue weighted by Crippen LogP contribution is -2.20. The van der Waals surface area contributed by atoms with Crippen LogP contribution in [0, 0.1) is 0 Å². The van der Waals surface area contributed by atoms with Gasteiger partial charge in [0.05, 0.1) is 16.7 Å². The Morgan fingerprint density at radius 3 is 2.54 bits per heavy atom. The minimum atomic E-state index is -0.539. The van der Waals surface area contributed by atoms with E-state index in [1.807, 2.05) is 25.1 Å². The van der Waals surface area contributed by atoms with Crippen LogP contribution in [-0.4, -0.2) is 19.1 Å². The second-order valence-electron chi connectivity index (χ2n) is 4.95. The monoisotopic (exact) mass is 368 g/mol. The number of carbonyl (C=O) groups excluding carboxylic acids is 1. The van der Waals surface area contributed by atoms with E-state index in [0.717, 1.165) is 11.3 Å². The van der Waals surface area contributed by atoms with E-state index >= 15 is 0 Å². The molecule has 5 nitrogen and oxygen atoms in total. The summed E-state index contributed by atoms with van der Waals surface area (Å²) >= 11 is 11.9. The Labute approximate surface area is 150 Å². The van der Waals surface area contributed by atoms with E-state index in [0.29, 0.717) is 34.7 Å². The molecule has 0 unspecified atom stereocenters. The van der Waals surface area contributed by atoms with Crippen molar-refractivity contribution in [2.45, 2.75) is 13.5 Å². The molecule has 0 saturated heterocycles. The predicted octanol–water partition coefficient (Wildman–Crippen LogP) is 3.87. The molecule has 0 aliphatic carbocycles. The zero-order valence-corrected chi connectivity index (χ0v) is 14.7. The highest BCUT2D eigenvalue weighted by molar-refractivity contribution is 6.42. The Bertz CT molecular complexity index is 723. The minimum Gasteiger partial charge on any atom is -0.490 e. The van der Waals surface area contributed by atoms with E-state index in [9.17, 15) is 4.79 Å². The van der Waals surface area contributed by atoms with Gasteiger partial charge in [-0.2, -0.15) is 0 Å². The van der Waals surface area contributed by atoms with E-state index < -0.39 is 5.91 Å². The normalized spacial score (nSPS) is 10.3. The maximum atomic E-state index is 10.8. The average Bonchev–Trinajstić information content (AvgIpc) is 2.55. The molecule has 0 aliphatic heterocycles. The van der Waals surface area contributed by atoms with Gasteiger partial charge in [-0.25, -0.2) is 0 Å². The Hall–Kier alpha value is -2.11. The number of hydrogen-bond donors (Lipinski definition) is 2. The molecule has 24 heavy (non-hydrogen) atoms. The molecule has 0 saturated carbocycles. The topological polar surface area (TPSA) is 73.6 Å². The van der Waals surface area contributed by atoms with Crippen LogP contribution in [0.3, 0.4) is 0 Å². The number of benzene rings is 2. The van der Waals surface area contributed by atoms with Crippen LogP contribution in [0.25, 0.3) is 0 Å². The number of anilines is 1. The van der Waals surface area contributed by atoms with Crippen molar-refractivity contribution in [2.75, 3.05) is 18.5 Å². The molecule has 2 aromatic rings. The number of primary amides is 1. The van der Waals surface area contributed by atoms with E-state index in [4.69, 9.17) is 38.4 Å². The van der Waals surface area contributed by atoms with Crippen molar-refractivity contribution >= 4 is 34.8 Å². The molecule has 1 amide bonds. The third kappa shape index (κ3) is 5.22. The first-order valence-electron chi connectivity index (χ1n) is 7.35. The van der Waals surface area contributed by atoms with Gasteiger partial charge in [-0.3, -0.25) is 4.79 Å². The number of ether oxygens (including phenoxy) is 2. The first-order chi connectivity index (χ1) is 11.5. The molecule has 2 rings (SSSR count). The number of halogens is 2. The van der Waals surface area contributed by atoms with Crippen LogP contribution in [0.5, 0.6) is 11.5 Å². The van der Waals surface area contributed by atoms with Gasteiger partial charge in [-0.1, -0.05) is 29.3 Å². The smallest absolute Gasteiger partial charge is 0.255 e. The summed E-state index contributed by atoms with van der Waals surface area (Å²) in [5.41, 5.74) is 6.93. The molecule has 0 atom stereocenters. The Balaban J connectivity index is 2.08. The molecule has 3 N–H and O–H groups in total. The third-order valence-corrected chi connectivity index (χ3v) is 3.83. The number of rotatable bonds is 8. The molecule has 0 aliphatic rings. The van der Waals surface area contributed by atoms with Crippen molar-refractivity contribution in [1.82, 2.24) is 0 Å². The number of amides is 1. The number of nitrogens with one attached hydrogen (secondary N) is 1. The largest absolute Gasteiger partial charge is 0.490 e. The zero-order chi connectivity index (χ0) is 17.5. The van der Waals surface area contributed by atoms with Crippen molar-refractivity contribution in [3.63, 3.8) is 0 Å². The summed E-state index contributed by atoms with van der Waals surface area (Å²) in [5, 5.41) is 4.26. The highest BCUT2D eigenvalue weighted by Gasteiger charge is 2.08. The maximum absolute atomic E-state index is 10.8. The maximum Gasteiger partial charge on any atom is 0.255 e. The SMILES string of the molecule is CCOc1cc(CNc2ccc(Cl)c(Cl)c2)ccc1OCC(N)=O. The molecule has 0 bridgehead atoms. The zero-order valence-electron chi connectivity index (χ0n) is 13.1. The Morgan fingerprint density at radius 2 is 1.88 bits per heavy atom. The van der Waals surface area contributed by atoms with E-state index in [-0.39, 0.29) is 6.61 Å². The van der Waals surface area contributed by atoms with Gasteiger partial charge in [0.15, 0.2) is 18.1 Å². The first kappa shape index (κ1) is 18.2. The fourth-order valence-corrected chi connectivity index (χ4v) is 2.31. The molecule has 0 heterocycles. The number of hydrogen-bond acceptors (Lipinski definition) is 4. The van der Waals surface area contributed by atoms with Crippen LogP contribution in [0.2, 0.25) is 10.0 Å². The van der Waals surface area contributed by atoms with Crippen LogP contribution in [0.4, 0.5) is 5.69 Å². The lowest BCUT2D eigenvalue weighted by Gasteiger charge is -2.13. The van der Waals surface area contributed by atoms with E-state index in [1.54, 1.807) is 18.2 Å². The van der Waals surface area contributed by atoms with Gasteiger partial charge in [0, 0.05) is 12.2 Å². The second kappa shape index (κ2) is 8.66. The molecule has 0 fully saturated rings. The van der Waals surface area contributed by atoms with Crippen LogP contribution in [0.1, 0.15) is 12.5 Å². The molecule has 128 valence electrons. The molecule has 0 spiro atoms. The second-order valence-corrected chi connectivity index (χ2v) is 5.77. The van der Waals surface area contributed by atoms with E-state index in [1.165, 1.54) is 0 Å². The van der Waals surface area contributed by atoms with Gasteiger partial charge >= 0.3 is 0 Å². The van der Waals surface area contributed by atoms with Gasteiger partial charge in [0.2, 0.25) is 0 Å². The lowest BCUT2D eigenvalue weighted by molar-refractivity contribution is -0.119. The van der Waals surface area contributed by atoms with Gasteiger partial charge in [-0.15, -0.1) is 0 Å². The molecular weight excluding hydrogens is 351 g/mol. The third-order valence-electron chi connectivity index (χ3n) is 3.09. The van der Waals surface area contributed by atoms with Crippen molar-refractivity contribution in [3.05, 3.63) is 52.0 Å². The summed E-state index contributed by atoms with van der Waals surface area (Å²) in [6.07, 6.45) is 0.